The Morgan fingerprint density at radius 3 is 1.79 bits per heavy atom. The number of carbonyl (C=O) groups is 1. The van der Waals surface area contributed by atoms with E-state index in [0.29, 0.717) is 13.0 Å². The molecular weight excluding hydrogens is 247 g/mol. The molecule has 1 radical (unpaired) electrons. The van der Waals surface area contributed by atoms with Crippen molar-refractivity contribution < 1.29 is 9.53 Å². The fourth-order valence-corrected chi connectivity index (χ4v) is 2.01. The van der Waals surface area contributed by atoms with Crippen LogP contribution >= 0.6 is 0 Å². The standard InChI is InChI=1S/C16H32O2.Na/c1-3-5-7-9-10-11-12-14-16(17)18-15-13-8-6-4-2;/h3-15H2,1-2H3;. The Bertz CT molecular complexity index is 184. The second-order valence-corrected chi connectivity index (χ2v) is 5.15. The van der Waals surface area contributed by atoms with Gasteiger partial charge >= 0.3 is 5.97 Å². The molecule has 0 unspecified atom stereocenters. The molecular formula is C16H32NaO2. The van der Waals surface area contributed by atoms with Crippen LogP contribution in [0.3, 0.4) is 0 Å². The van der Waals surface area contributed by atoms with E-state index in [2.05, 4.69) is 13.8 Å². The predicted molar refractivity (Wildman–Crippen MR) is 83.5 cm³/mol. The van der Waals surface area contributed by atoms with Gasteiger partial charge in [0.05, 0.1) is 6.61 Å². The van der Waals surface area contributed by atoms with Crippen LogP contribution in [0.25, 0.3) is 0 Å². The first-order chi connectivity index (χ1) is 8.81. The minimum atomic E-state index is 0. The normalized spacial score (nSPS) is 10.0. The molecule has 0 aliphatic carbocycles. The number of unbranched alkanes of at least 4 members (excludes halogenated alkanes) is 9. The molecule has 0 aliphatic rings. The summed E-state index contributed by atoms with van der Waals surface area (Å²) in [7, 11) is 0. The quantitative estimate of drug-likeness (QED) is 0.273. The number of carbonyl (C=O) groups excluding carboxylic acids is 1. The number of ether oxygens (including phenoxy) is 1. The number of esters is 1. The Hall–Kier alpha value is 0.470. The van der Waals surface area contributed by atoms with Crippen LogP contribution in [-0.2, 0) is 9.53 Å². The zero-order valence-corrected chi connectivity index (χ0v) is 15.5. The van der Waals surface area contributed by atoms with Gasteiger partial charge in [-0.2, -0.15) is 0 Å². The SMILES string of the molecule is CCCCCCCCCC(=O)OCCCCCC.[Na]. The van der Waals surface area contributed by atoms with E-state index in [1.807, 2.05) is 0 Å². The fraction of sp³-hybridized carbons (Fsp3) is 0.938. The summed E-state index contributed by atoms with van der Waals surface area (Å²) in [4.78, 5) is 11.4. The molecule has 3 heteroatoms. The fourth-order valence-electron chi connectivity index (χ4n) is 2.01. The number of hydrogen-bond donors (Lipinski definition) is 0. The van der Waals surface area contributed by atoms with Crippen molar-refractivity contribution in [2.75, 3.05) is 6.61 Å². The molecule has 0 aromatic rings. The van der Waals surface area contributed by atoms with Crippen molar-refractivity contribution in [1.29, 1.82) is 0 Å². The van der Waals surface area contributed by atoms with Crippen molar-refractivity contribution in [1.82, 2.24) is 0 Å². The third-order valence-electron chi connectivity index (χ3n) is 3.25. The molecule has 0 aromatic carbocycles. The molecule has 0 fully saturated rings. The van der Waals surface area contributed by atoms with E-state index in [-0.39, 0.29) is 35.5 Å². The monoisotopic (exact) mass is 279 g/mol. The van der Waals surface area contributed by atoms with Gasteiger partial charge in [-0.3, -0.25) is 4.79 Å². The van der Waals surface area contributed by atoms with Crippen LogP contribution in [0.5, 0.6) is 0 Å². The first-order valence-electron chi connectivity index (χ1n) is 7.96. The molecule has 0 bridgehead atoms. The Morgan fingerprint density at radius 2 is 1.21 bits per heavy atom. The summed E-state index contributed by atoms with van der Waals surface area (Å²) in [6.07, 6.45) is 14.0. The van der Waals surface area contributed by atoms with E-state index in [1.54, 1.807) is 0 Å². The van der Waals surface area contributed by atoms with Crippen molar-refractivity contribution >= 4 is 35.5 Å². The summed E-state index contributed by atoms with van der Waals surface area (Å²) >= 11 is 0. The molecule has 0 heterocycles. The van der Waals surface area contributed by atoms with Gasteiger partial charge in [0.15, 0.2) is 0 Å². The molecule has 0 atom stereocenters. The van der Waals surface area contributed by atoms with E-state index < -0.39 is 0 Å². The summed E-state index contributed by atoms with van der Waals surface area (Å²) in [6, 6.07) is 0. The Morgan fingerprint density at radius 1 is 0.737 bits per heavy atom. The number of hydrogen-bond acceptors (Lipinski definition) is 2. The Kier molecular flexibility index (Phi) is 21.2. The van der Waals surface area contributed by atoms with Crippen molar-refractivity contribution in [3.05, 3.63) is 0 Å². The van der Waals surface area contributed by atoms with Gasteiger partial charge in [-0.25, -0.2) is 0 Å². The Labute approximate surface area is 142 Å². The third kappa shape index (κ3) is 18.5. The molecule has 19 heavy (non-hydrogen) atoms. The predicted octanol–water partition coefficient (Wildman–Crippen LogP) is 4.87. The minimum absolute atomic E-state index is 0. The summed E-state index contributed by atoms with van der Waals surface area (Å²) < 4.78 is 5.19. The molecule has 2 nitrogen and oxygen atoms in total. The summed E-state index contributed by atoms with van der Waals surface area (Å²) in [5, 5.41) is 0. The van der Waals surface area contributed by atoms with Crippen LogP contribution < -0.4 is 0 Å². The van der Waals surface area contributed by atoms with Crippen molar-refractivity contribution in [3.63, 3.8) is 0 Å². The molecule has 0 saturated heterocycles. The van der Waals surface area contributed by atoms with Crippen molar-refractivity contribution in [2.24, 2.45) is 0 Å². The second kappa shape index (κ2) is 18.5. The van der Waals surface area contributed by atoms with Crippen LogP contribution in [0.4, 0.5) is 0 Å². The van der Waals surface area contributed by atoms with E-state index in [1.165, 1.54) is 57.8 Å². The van der Waals surface area contributed by atoms with Crippen LogP contribution in [0, 0.1) is 0 Å². The van der Waals surface area contributed by atoms with Crippen LogP contribution in [0.15, 0.2) is 0 Å². The van der Waals surface area contributed by atoms with Gasteiger partial charge in [0.2, 0.25) is 0 Å². The maximum Gasteiger partial charge on any atom is 0.305 e. The van der Waals surface area contributed by atoms with E-state index >= 15 is 0 Å². The summed E-state index contributed by atoms with van der Waals surface area (Å²) in [6.45, 7) is 5.04. The first-order valence-corrected chi connectivity index (χ1v) is 7.96. The van der Waals surface area contributed by atoms with Crippen LogP contribution in [0.2, 0.25) is 0 Å². The molecule has 0 spiro atoms. The molecule has 0 saturated carbocycles. The van der Waals surface area contributed by atoms with E-state index in [4.69, 9.17) is 4.74 Å². The summed E-state index contributed by atoms with van der Waals surface area (Å²) in [5.41, 5.74) is 0. The van der Waals surface area contributed by atoms with Gasteiger partial charge in [-0.05, 0) is 12.8 Å². The molecule has 0 N–H and O–H groups in total. The van der Waals surface area contributed by atoms with Crippen LogP contribution in [0.1, 0.15) is 90.9 Å². The Balaban J connectivity index is 0. The summed E-state index contributed by atoms with van der Waals surface area (Å²) in [5.74, 6) is 0.0000525. The molecule has 0 amide bonds. The first kappa shape index (κ1) is 21.8. The zero-order chi connectivity index (χ0) is 13.5. The van der Waals surface area contributed by atoms with Gasteiger partial charge in [0, 0.05) is 36.0 Å². The second-order valence-electron chi connectivity index (χ2n) is 5.15. The third-order valence-corrected chi connectivity index (χ3v) is 3.25. The van der Waals surface area contributed by atoms with Crippen molar-refractivity contribution in [2.45, 2.75) is 90.9 Å². The maximum absolute atomic E-state index is 11.4. The largest absolute Gasteiger partial charge is 0.466 e. The molecule has 0 rings (SSSR count). The van der Waals surface area contributed by atoms with E-state index in [0.717, 1.165) is 12.8 Å². The van der Waals surface area contributed by atoms with Crippen molar-refractivity contribution in [3.8, 4) is 0 Å². The topological polar surface area (TPSA) is 26.3 Å². The molecule has 109 valence electrons. The van der Waals surface area contributed by atoms with Gasteiger partial charge in [-0.15, -0.1) is 0 Å². The van der Waals surface area contributed by atoms with Crippen LogP contribution in [-0.4, -0.2) is 42.1 Å². The maximum atomic E-state index is 11.4. The van der Waals surface area contributed by atoms with Gasteiger partial charge in [0.1, 0.15) is 0 Å². The zero-order valence-electron chi connectivity index (χ0n) is 13.5. The van der Waals surface area contributed by atoms with Gasteiger partial charge in [0.25, 0.3) is 0 Å². The van der Waals surface area contributed by atoms with Gasteiger partial charge < -0.3 is 4.74 Å². The average Bonchev–Trinajstić information content (AvgIpc) is 2.37. The smallest absolute Gasteiger partial charge is 0.305 e. The van der Waals surface area contributed by atoms with E-state index in [9.17, 15) is 4.79 Å². The average molecular weight is 279 g/mol. The molecule has 0 aromatic heterocycles. The molecule has 0 aliphatic heterocycles. The van der Waals surface area contributed by atoms with Gasteiger partial charge in [-0.1, -0.05) is 71.6 Å². The minimum Gasteiger partial charge on any atom is -0.466 e. The number of rotatable bonds is 13.